The van der Waals surface area contributed by atoms with Crippen LogP contribution in [0.2, 0.25) is 0 Å². The van der Waals surface area contributed by atoms with Crippen LogP contribution in [0.15, 0.2) is 0 Å². The lowest BCUT2D eigenvalue weighted by atomic mass is 9.58. The summed E-state index contributed by atoms with van der Waals surface area (Å²) >= 11 is 0. The Morgan fingerprint density at radius 3 is 2.35 bits per heavy atom. The molecule has 2 fully saturated rings. The molecule has 0 aliphatic heterocycles. The monoisotopic (exact) mass is 282 g/mol. The molecule has 0 spiro atoms. The summed E-state index contributed by atoms with van der Waals surface area (Å²) in [6.07, 6.45) is 8.24. The molecule has 2 aliphatic carbocycles. The van der Waals surface area contributed by atoms with Gasteiger partial charge in [-0.3, -0.25) is 4.79 Å². The lowest BCUT2D eigenvalue weighted by Gasteiger charge is -2.55. The van der Waals surface area contributed by atoms with Crippen LogP contribution >= 0.6 is 0 Å². The average molecular weight is 282 g/mol. The van der Waals surface area contributed by atoms with Gasteiger partial charge in [0.2, 0.25) is 5.91 Å². The standard InChI is InChI=1S/C16H30N2O2/c1-4-15(5-2)12(11-13(15)20-3)18-14(19)16(17)9-7-6-8-10-16/h12-13H,4-11,17H2,1-3H3,(H,18,19). The minimum atomic E-state index is -0.635. The van der Waals surface area contributed by atoms with Gasteiger partial charge >= 0.3 is 0 Å². The van der Waals surface area contributed by atoms with Crippen LogP contribution in [0.1, 0.15) is 65.2 Å². The zero-order valence-corrected chi connectivity index (χ0v) is 13.2. The first-order valence-electron chi connectivity index (χ1n) is 8.15. The van der Waals surface area contributed by atoms with Crippen molar-refractivity contribution in [1.82, 2.24) is 5.32 Å². The van der Waals surface area contributed by atoms with E-state index in [1.165, 1.54) is 6.42 Å². The fraction of sp³-hybridized carbons (Fsp3) is 0.938. The van der Waals surface area contributed by atoms with E-state index in [2.05, 4.69) is 19.2 Å². The van der Waals surface area contributed by atoms with Crippen LogP contribution in [-0.4, -0.2) is 30.7 Å². The Hall–Kier alpha value is -0.610. The summed E-state index contributed by atoms with van der Waals surface area (Å²) < 4.78 is 5.58. The van der Waals surface area contributed by atoms with Gasteiger partial charge in [-0.2, -0.15) is 0 Å². The first kappa shape index (κ1) is 15.8. The number of methoxy groups -OCH3 is 1. The molecule has 1 amide bonds. The van der Waals surface area contributed by atoms with Crippen LogP contribution in [0, 0.1) is 5.41 Å². The van der Waals surface area contributed by atoms with Crippen LogP contribution in [0.4, 0.5) is 0 Å². The molecular weight excluding hydrogens is 252 g/mol. The minimum absolute atomic E-state index is 0.0584. The summed E-state index contributed by atoms with van der Waals surface area (Å²) in [7, 11) is 1.77. The maximum Gasteiger partial charge on any atom is 0.240 e. The second-order valence-electron chi connectivity index (χ2n) is 6.64. The van der Waals surface area contributed by atoms with E-state index < -0.39 is 5.54 Å². The molecule has 0 saturated heterocycles. The predicted molar refractivity (Wildman–Crippen MR) is 80.4 cm³/mol. The highest BCUT2D eigenvalue weighted by molar-refractivity contribution is 5.86. The number of carbonyl (C=O) groups excluding carboxylic acids is 1. The van der Waals surface area contributed by atoms with E-state index in [0.717, 1.165) is 44.9 Å². The highest BCUT2D eigenvalue weighted by Gasteiger charge is 2.54. The summed E-state index contributed by atoms with van der Waals surface area (Å²) in [5.41, 5.74) is 5.78. The topological polar surface area (TPSA) is 64.4 Å². The number of ether oxygens (including phenoxy) is 1. The normalized spacial score (nSPS) is 31.4. The number of carbonyl (C=O) groups is 1. The SMILES string of the molecule is CCC1(CC)C(NC(=O)C2(N)CCCCC2)CC1OC. The van der Waals surface area contributed by atoms with Gasteiger partial charge in [-0.1, -0.05) is 33.1 Å². The summed E-state index contributed by atoms with van der Waals surface area (Å²) in [6, 6.07) is 0.220. The molecule has 116 valence electrons. The van der Waals surface area contributed by atoms with Crippen LogP contribution in [0.3, 0.4) is 0 Å². The van der Waals surface area contributed by atoms with Gasteiger partial charge in [0.25, 0.3) is 0 Å². The van der Waals surface area contributed by atoms with E-state index in [0.29, 0.717) is 0 Å². The van der Waals surface area contributed by atoms with Crippen molar-refractivity contribution in [3.63, 3.8) is 0 Å². The Balaban J connectivity index is 2.01. The van der Waals surface area contributed by atoms with Gasteiger partial charge < -0.3 is 15.8 Å². The number of nitrogens with one attached hydrogen (secondary N) is 1. The third-order valence-electron chi connectivity index (χ3n) is 5.89. The first-order valence-corrected chi connectivity index (χ1v) is 8.15. The molecular formula is C16H30N2O2. The Morgan fingerprint density at radius 1 is 1.25 bits per heavy atom. The van der Waals surface area contributed by atoms with Gasteiger partial charge in [0.05, 0.1) is 11.6 Å². The van der Waals surface area contributed by atoms with E-state index >= 15 is 0 Å². The molecule has 20 heavy (non-hydrogen) atoms. The lowest BCUT2D eigenvalue weighted by Crippen LogP contribution is -2.67. The fourth-order valence-electron chi connectivity index (χ4n) is 4.19. The third-order valence-corrected chi connectivity index (χ3v) is 5.89. The Kier molecular flexibility index (Phi) is 4.75. The van der Waals surface area contributed by atoms with Crippen molar-refractivity contribution in [3.8, 4) is 0 Å². The molecule has 2 saturated carbocycles. The van der Waals surface area contributed by atoms with Crippen molar-refractivity contribution in [2.75, 3.05) is 7.11 Å². The van der Waals surface area contributed by atoms with E-state index in [9.17, 15) is 4.79 Å². The molecule has 4 nitrogen and oxygen atoms in total. The van der Waals surface area contributed by atoms with Crippen molar-refractivity contribution in [2.24, 2.45) is 11.1 Å². The van der Waals surface area contributed by atoms with Crippen LogP contribution in [-0.2, 0) is 9.53 Å². The fourth-order valence-corrected chi connectivity index (χ4v) is 4.19. The van der Waals surface area contributed by atoms with Gasteiger partial charge in [-0.05, 0) is 32.1 Å². The Morgan fingerprint density at radius 2 is 1.85 bits per heavy atom. The second-order valence-corrected chi connectivity index (χ2v) is 6.64. The van der Waals surface area contributed by atoms with Gasteiger partial charge in [0, 0.05) is 18.6 Å². The van der Waals surface area contributed by atoms with Crippen molar-refractivity contribution < 1.29 is 9.53 Å². The molecule has 3 N–H and O–H groups in total. The van der Waals surface area contributed by atoms with Gasteiger partial charge in [-0.25, -0.2) is 0 Å². The zero-order chi connectivity index (χ0) is 14.8. The van der Waals surface area contributed by atoms with E-state index in [1.54, 1.807) is 7.11 Å². The van der Waals surface area contributed by atoms with Crippen molar-refractivity contribution >= 4 is 5.91 Å². The second kappa shape index (κ2) is 6.02. The molecule has 2 unspecified atom stereocenters. The quantitative estimate of drug-likeness (QED) is 0.813. The van der Waals surface area contributed by atoms with Crippen LogP contribution in [0.25, 0.3) is 0 Å². The van der Waals surface area contributed by atoms with E-state index in [-0.39, 0.29) is 23.5 Å². The van der Waals surface area contributed by atoms with Gasteiger partial charge in [-0.15, -0.1) is 0 Å². The molecule has 4 heteroatoms. The third kappa shape index (κ3) is 2.48. The highest BCUT2D eigenvalue weighted by Crippen LogP contribution is 2.48. The number of hydrogen-bond donors (Lipinski definition) is 2. The maximum absolute atomic E-state index is 12.6. The Bertz CT molecular complexity index is 346. The molecule has 0 heterocycles. The summed E-state index contributed by atoms with van der Waals surface area (Å²) in [4.78, 5) is 12.6. The number of amides is 1. The smallest absolute Gasteiger partial charge is 0.240 e. The first-order chi connectivity index (χ1) is 9.52. The molecule has 2 rings (SSSR count). The minimum Gasteiger partial charge on any atom is -0.381 e. The molecule has 0 aromatic heterocycles. The molecule has 0 radical (unpaired) electrons. The van der Waals surface area contributed by atoms with Gasteiger partial charge in [0.15, 0.2) is 0 Å². The van der Waals surface area contributed by atoms with Crippen LogP contribution < -0.4 is 11.1 Å². The summed E-state index contributed by atoms with van der Waals surface area (Å²) in [6.45, 7) is 4.37. The predicted octanol–water partition coefficient (Wildman–Crippen LogP) is 2.36. The zero-order valence-electron chi connectivity index (χ0n) is 13.2. The maximum atomic E-state index is 12.6. The summed E-state index contributed by atoms with van der Waals surface area (Å²) in [5, 5.41) is 3.24. The number of rotatable bonds is 5. The molecule has 2 aliphatic rings. The van der Waals surface area contributed by atoms with Gasteiger partial charge in [0.1, 0.15) is 0 Å². The van der Waals surface area contributed by atoms with E-state index in [1.807, 2.05) is 0 Å². The Labute approximate surface area is 122 Å². The molecule has 0 aromatic rings. The van der Waals surface area contributed by atoms with Crippen molar-refractivity contribution in [2.45, 2.75) is 82.9 Å². The summed E-state index contributed by atoms with van der Waals surface area (Å²) in [5.74, 6) is 0.0584. The van der Waals surface area contributed by atoms with Crippen LogP contribution in [0.5, 0.6) is 0 Å². The van der Waals surface area contributed by atoms with Crippen molar-refractivity contribution in [3.05, 3.63) is 0 Å². The highest BCUT2D eigenvalue weighted by atomic mass is 16.5. The number of hydrogen-bond acceptors (Lipinski definition) is 3. The molecule has 0 bridgehead atoms. The largest absolute Gasteiger partial charge is 0.381 e. The van der Waals surface area contributed by atoms with Crippen molar-refractivity contribution in [1.29, 1.82) is 0 Å². The number of nitrogens with two attached hydrogens (primary N) is 1. The van der Waals surface area contributed by atoms with E-state index in [4.69, 9.17) is 10.5 Å². The average Bonchev–Trinajstić information content (AvgIpc) is 2.45. The molecule has 2 atom stereocenters. The lowest BCUT2D eigenvalue weighted by molar-refractivity contribution is -0.145. The molecule has 0 aromatic carbocycles.